The Balaban J connectivity index is 2.10. The van der Waals surface area contributed by atoms with E-state index in [1.807, 2.05) is 12.1 Å². The molecule has 1 heterocycles. The SMILES string of the molecule is CCCNC(C)c1cc(C)ccc1OCc1ccc(Cl)s1. The Labute approximate surface area is 136 Å². The average molecular weight is 324 g/mol. The molecule has 4 heteroatoms. The zero-order valence-corrected chi connectivity index (χ0v) is 14.4. The smallest absolute Gasteiger partial charge is 0.124 e. The predicted molar refractivity (Wildman–Crippen MR) is 91.5 cm³/mol. The summed E-state index contributed by atoms with van der Waals surface area (Å²) in [6, 6.07) is 10.6. The van der Waals surface area contributed by atoms with E-state index >= 15 is 0 Å². The summed E-state index contributed by atoms with van der Waals surface area (Å²) in [6.45, 7) is 8.04. The number of rotatable bonds is 7. The molecule has 0 spiro atoms. The van der Waals surface area contributed by atoms with Gasteiger partial charge in [0.2, 0.25) is 0 Å². The van der Waals surface area contributed by atoms with Gasteiger partial charge in [-0.3, -0.25) is 0 Å². The van der Waals surface area contributed by atoms with Gasteiger partial charge in [-0.15, -0.1) is 11.3 Å². The Hall–Kier alpha value is -1.03. The highest BCUT2D eigenvalue weighted by atomic mass is 35.5. The maximum atomic E-state index is 6.00. The molecule has 1 N–H and O–H groups in total. The Morgan fingerprint density at radius 3 is 2.76 bits per heavy atom. The first-order valence-corrected chi connectivity index (χ1v) is 8.50. The fraction of sp³-hybridized carbons (Fsp3) is 0.412. The molecule has 0 aliphatic carbocycles. The van der Waals surface area contributed by atoms with Crippen LogP contribution in [0.2, 0.25) is 4.34 Å². The molecule has 1 atom stereocenters. The van der Waals surface area contributed by atoms with Crippen molar-refractivity contribution in [1.29, 1.82) is 0 Å². The number of hydrogen-bond donors (Lipinski definition) is 1. The van der Waals surface area contributed by atoms with Gasteiger partial charge in [-0.1, -0.05) is 36.2 Å². The van der Waals surface area contributed by atoms with E-state index in [9.17, 15) is 0 Å². The van der Waals surface area contributed by atoms with Crippen LogP contribution in [-0.4, -0.2) is 6.54 Å². The zero-order valence-electron chi connectivity index (χ0n) is 12.8. The lowest BCUT2D eigenvalue weighted by Crippen LogP contribution is -2.20. The van der Waals surface area contributed by atoms with E-state index in [1.54, 1.807) is 11.3 Å². The van der Waals surface area contributed by atoms with Gasteiger partial charge in [-0.05, 0) is 45.0 Å². The van der Waals surface area contributed by atoms with Crippen molar-refractivity contribution in [3.05, 3.63) is 50.7 Å². The van der Waals surface area contributed by atoms with Crippen LogP contribution in [-0.2, 0) is 6.61 Å². The molecule has 114 valence electrons. The predicted octanol–water partition coefficient (Wildman–Crippen LogP) is 5.35. The molecule has 0 aliphatic heterocycles. The summed E-state index contributed by atoms with van der Waals surface area (Å²) in [4.78, 5) is 1.14. The van der Waals surface area contributed by atoms with Crippen molar-refractivity contribution >= 4 is 22.9 Å². The highest BCUT2D eigenvalue weighted by molar-refractivity contribution is 7.16. The number of halogens is 1. The van der Waals surface area contributed by atoms with Crippen LogP contribution in [0, 0.1) is 6.92 Å². The molecule has 0 saturated heterocycles. The number of aryl methyl sites for hydroxylation is 1. The molecule has 1 aromatic heterocycles. The molecule has 0 saturated carbocycles. The second-order valence-corrected chi connectivity index (χ2v) is 7.01. The van der Waals surface area contributed by atoms with Gasteiger partial charge in [-0.2, -0.15) is 0 Å². The van der Waals surface area contributed by atoms with Crippen LogP contribution in [0.5, 0.6) is 5.75 Å². The second-order valence-electron chi connectivity index (χ2n) is 5.21. The minimum absolute atomic E-state index is 0.284. The van der Waals surface area contributed by atoms with E-state index in [4.69, 9.17) is 16.3 Å². The maximum Gasteiger partial charge on any atom is 0.124 e. The van der Waals surface area contributed by atoms with Gasteiger partial charge in [0.05, 0.1) is 4.34 Å². The summed E-state index contributed by atoms with van der Waals surface area (Å²) in [6.07, 6.45) is 1.13. The van der Waals surface area contributed by atoms with Gasteiger partial charge < -0.3 is 10.1 Å². The summed E-state index contributed by atoms with van der Waals surface area (Å²) in [5.41, 5.74) is 2.47. The van der Waals surface area contributed by atoms with Gasteiger partial charge >= 0.3 is 0 Å². The van der Waals surface area contributed by atoms with Gasteiger partial charge in [0.25, 0.3) is 0 Å². The van der Waals surface area contributed by atoms with E-state index in [-0.39, 0.29) is 6.04 Å². The van der Waals surface area contributed by atoms with Gasteiger partial charge in [-0.25, -0.2) is 0 Å². The van der Waals surface area contributed by atoms with Crippen LogP contribution in [0.3, 0.4) is 0 Å². The van der Waals surface area contributed by atoms with Crippen molar-refractivity contribution in [2.24, 2.45) is 0 Å². The Morgan fingerprint density at radius 1 is 1.29 bits per heavy atom. The van der Waals surface area contributed by atoms with Crippen LogP contribution < -0.4 is 10.1 Å². The standard InChI is InChI=1S/C17H22ClNOS/c1-4-9-19-13(3)15-10-12(2)5-7-16(15)20-11-14-6-8-17(18)21-14/h5-8,10,13,19H,4,9,11H2,1-3H3. The highest BCUT2D eigenvalue weighted by Crippen LogP contribution is 2.28. The van der Waals surface area contributed by atoms with E-state index in [0.717, 1.165) is 27.9 Å². The average Bonchev–Trinajstić information content (AvgIpc) is 2.89. The van der Waals surface area contributed by atoms with E-state index in [1.165, 1.54) is 11.1 Å². The van der Waals surface area contributed by atoms with Crippen LogP contribution in [0.25, 0.3) is 0 Å². The second kappa shape index (κ2) is 7.83. The summed E-state index contributed by atoms with van der Waals surface area (Å²) in [5.74, 6) is 0.946. The van der Waals surface area contributed by atoms with Gasteiger partial charge in [0.15, 0.2) is 0 Å². The molecule has 0 fully saturated rings. The molecule has 0 amide bonds. The third-order valence-corrected chi connectivity index (χ3v) is 4.54. The van der Waals surface area contributed by atoms with Crippen molar-refractivity contribution in [2.75, 3.05) is 6.54 Å². The van der Waals surface area contributed by atoms with E-state index in [2.05, 4.69) is 44.3 Å². The summed E-state index contributed by atoms with van der Waals surface area (Å²) >= 11 is 7.52. The molecular formula is C17H22ClNOS. The molecule has 1 aromatic carbocycles. The lowest BCUT2D eigenvalue weighted by Gasteiger charge is -2.18. The van der Waals surface area contributed by atoms with Crippen LogP contribution in [0.4, 0.5) is 0 Å². The van der Waals surface area contributed by atoms with Crippen molar-refractivity contribution in [3.8, 4) is 5.75 Å². The number of nitrogens with one attached hydrogen (secondary N) is 1. The van der Waals surface area contributed by atoms with E-state index < -0.39 is 0 Å². The quantitative estimate of drug-likeness (QED) is 0.741. The maximum absolute atomic E-state index is 6.00. The van der Waals surface area contributed by atoms with Crippen molar-refractivity contribution < 1.29 is 4.74 Å². The Bertz CT molecular complexity index is 582. The fourth-order valence-corrected chi connectivity index (χ4v) is 3.19. The lowest BCUT2D eigenvalue weighted by atomic mass is 10.0. The molecule has 2 rings (SSSR count). The third kappa shape index (κ3) is 4.73. The monoisotopic (exact) mass is 323 g/mol. The third-order valence-electron chi connectivity index (χ3n) is 3.33. The zero-order chi connectivity index (χ0) is 15.2. The molecular weight excluding hydrogens is 302 g/mol. The molecule has 2 nitrogen and oxygen atoms in total. The van der Waals surface area contributed by atoms with Crippen LogP contribution in [0.1, 0.15) is 42.3 Å². The Morgan fingerprint density at radius 2 is 2.10 bits per heavy atom. The number of hydrogen-bond acceptors (Lipinski definition) is 3. The lowest BCUT2D eigenvalue weighted by molar-refractivity contribution is 0.303. The van der Waals surface area contributed by atoms with Gasteiger partial charge in [0.1, 0.15) is 12.4 Å². The summed E-state index contributed by atoms with van der Waals surface area (Å²) in [7, 11) is 0. The first-order chi connectivity index (χ1) is 10.1. The summed E-state index contributed by atoms with van der Waals surface area (Å²) < 4.78 is 6.81. The van der Waals surface area contributed by atoms with Crippen molar-refractivity contribution in [2.45, 2.75) is 39.8 Å². The largest absolute Gasteiger partial charge is 0.488 e. The fourth-order valence-electron chi connectivity index (χ4n) is 2.19. The normalized spacial score (nSPS) is 12.4. The molecule has 2 aromatic rings. The molecule has 21 heavy (non-hydrogen) atoms. The molecule has 1 unspecified atom stereocenters. The number of ether oxygens (including phenoxy) is 1. The Kier molecular flexibility index (Phi) is 6.09. The van der Waals surface area contributed by atoms with Crippen LogP contribution in [0.15, 0.2) is 30.3 Å². The first kappa shape index (κ1) is 16.3. The minimum Gasteiger partial charge on any atom is -0.488 e. The number of benzene rings is 1. The molecule has 0 aliphatic rings. The topological polar surface area (TPSA) is 21.3 Å². The van der Waals surface area contributed by atoms with Crippen LogP contribution >= 0.6 is 22.9 Å². The van der Waals surface area contributed by atoms with Gasteiger partial charge in [0, 0.05) is 16.5 Å². The number of thiophene rings is 1. The van der Waals surface area contributed by atoms with Crippen molar-refractivity contribution in [1.82, 2.24) is 5.32 Å². The first-order valence-electron chi connectivity index (χ1n) is 7.31. The highest BCUT2D eigenvalue weighted by Gasteiger charge is 2.12. The molecule has 0 radical (unpaired) electrons. The summed E-state index contributed by atoms with van der Waals surface area (Å²) in [5, 5.41) is 3.52. The molecule has 0 bridgehead atoms. The minimum atomic E-state index is 0.284. The van der Waals surface area contributed by atoms with Crippen molar-refractivity contribution in [3.63, 3.8) is 0 Å². The van der Waals surface area contributed by atoms with E-state index in [0.29, 0.717) is 6.61 Å².